The van der Waals surface area contributed by atoms with E-state index in [9.17, 15) is 5.11 Å². The molecule has 1 heterocycles. The monoisotopic (exact) mass is 249 g/mol. The van der Waals surface area contributed by atoms with Crippen LogP contribution in [0.1, 0.15) is 31.1 Å². The molecular formula is C15H23NO2. The molecule has 0 aromatic heterocycles. The van der Waals surface area contributed by atoms with Crippen LogP contribution >= 0.6 is 0 Å². The summed E-state index contributed by atoms with van der Waals surface area (Å²) in [5.41, 5.74) is 2.12. The van der Waals surface area contributed by atoms with Gasteiger partial charge in [-0.05, 0) is 26.3 Å². The number of rotatable bonds is 3. The van der Waals surface area contributed by atoms with Crippen LogP contribution in [0, 0.1) is 6.92 Å². The number of nitrogens with zero attached hydrogens (tertiary/aromatic N) is 1. The highest BCUT2D eigenvalue weighted by Gasteiger charge is 2.28. The summed E-state index contributed by atoms with van der Waals surface area (Å²) in [5, 5.41) is 10.4. The lowest BCUT2D eigenvalue weighted by atomic mass is 10.0. The van der Waals surface area contributed by atoms with Crippen molar-refractivity contribution in [1.82, 2.24) is 4.90 Å². The summed E-state index contributed by atoms with van der Waals surface area (Å²) in [6, 6.07) is 8.52. The van der Waals surface area contributed by atoms with Crippen molar-refractivity contribution in [2.45, 2.75) is 39.0 Å². The Labute approximate surface area is 109 Å². The second-order valence-electron chi connectivity index (χ2n) is 5.36. The summed E-state index contributed by atoms with van der Waals surface area (Å²) < 4.78 is 5.72. The molecule has 1 N–H and O–H groups in total. The summed E-state index contributed by atoms with van der Waals surface area (Å²) in [5.74, 6) is 0. The second kappa shape index (κ2) is 5.83. The van der Waals surface area contributed by atoms with Gasteiger partial charge in [-0.15, -0.1) is 0 Å². The van der Waals surface area contributed by atoms with Crippen LogP contribution < -0.4 is 0 Å². The van der Waals surface area contributed by atoms with Crippen LogP contribution in [0.3, 0.4) is 0 Å². The molecule has 1 aromatic carbocycles. The molecule has 0 saturated carbocycles. The van der Waals surface area contributed by atoms with E-state index in [4.69, 9.17) is 4.74 Å². The third-order valence-electron chi connectivity index (χ3n) is 3.59. The highest BCUT2D eigenvalue weighted by molar-refractivity contribution is 5.24. The van der Waals surface area contributed by atoms with Crippen molar-refractivity contribution in [1.29, 1.82) is 0 Å². The molecule has 1 aliphatic heterocycles. The van der Waals surface area contributed by atoms with Crippen LogP contribution in [0.2, 0.25) is 0 Å². The van der Waals surface area contributed by atoms with Crippen molar-refractivity contribution in [3.8, 4) is 0 Å². The van der Waals surface area contributed by atoms with Gasteiger partial charge in [0.2, 0.25) is 0 Å². The first-order chi connectivity index (χ1) is 8.58. The quantitative estimate of drug-likeness (QED) is 0.891. The van der Waals surface area contributed by atoms with Gasteiger partial charge in [-0.25, -0.2) is 0 Å². The van der Waals surface area contributed by atoms with E-state index < -0.39 is 6.10 Å². The summed E-state index contributed by atoms with van der Waals surface area (Å²) in [4.78, 5) is 2.35. The zero-order valence-electron chi connectivity index (χ0n) is 11.5. The standard InChI is InChI=1S/C15H23NO2/c1-11(2)16-7-8-18-14(10-16)15(17)13-6-4-5-12(3)9-13/h4-6,9,11,14-15,17H,7-8,10H2,1-3H3. The van der Waals surface area contributed by atoms with Gasteiger partial charge in [0.15, 0.2) is 0 Å². The molecule has 2 atom stereocenters. The third-order valence-corrected chi connectivity index (χ3v) is 3.59. The maximum absolute atomic E-state index is 10.4. The summed E-state index contributed by atoms with van der Waals surface area (Å²) in [6.07, 6.45) is -0.658. The van der Waals surface area contributed by atoms with E-state index in [2.05, 4.69) is 18.7 Å². The Kier molecular flexibility index (Phi) is 4.38. The largest absolute Gasteiger partial charge is 0.386 e. The smallest absolute Gasteiger partial charge is 0.106 e. The lowest BCUT2D eigenvalue weighted by Gasteiger charge is -2.37. The van der Waals surface area contributed by atoms with Gasteiger partial charge in [0.25, 0.3) is 0 Å². The van der Waals surface area contributed by atoms with Crippen molar-refractivity contribution >= 4 is 0 Å². The zero-order valence-corrected chi connectivity index (χ0v) is 11.5. The average molecular weight is 249 g/mol. The molecule has 1 saturated heterocycles. The minimum Gasteiger partial charge on any atom is -0.386 e. The van der Waals surface area contributed by atoms with Crippen molar-refractivity contribution < 1.29 is 9.84 Å². The number of morpholine rings is 1. The van der Waals surface area contributed by atoms with Gasteiger partial charge in [0.1, 0.15) is 12.2 Å². The maximum Gasteiger partial charge on any atom is 0.106 e. The highest BCUT2D eigenvalue weighted by Crippen LogP contribution is 2.23. The molecular weight excluding hydrogens is 226 g/mol. The molecule has 0 spiro atoms. The first-order valence-electron chi connectivity index (χ1n) is 6.68. The molecule has 0 bridgehead atoms. The van der Waals surface area contributed by atoms with Crippen LogP contribution in [0.4, 0.5) is 0 Å². The van der Waals surface area contributed by atoms with E-state index in [-0.39, 0.29) is 6.10 Å². The van der Waals surface area contributed by atoms with Gasteiger partial charge in [-0.2, -0.15) is 0 Å². The second-order valence-corrected chi connectivity index (χ2v) is 5.36. The Hall–Kier alpha value is -0.900. The molecule has 3 nitrogen and oxygen atoms in total. The Bertz CT molecular complexity index is 392. The van der Waals surface area contributed by atoms with Crippen LogP contribution in [-0.4, -0.2) is 41.8 Å². The van der Waals surface area contributed by atoms with Gasteiger partial charge in [-0.3, -0.25) is 4.90 Å². The van der Waals surface area contributed by atoms with E-state index in [1.807, 2.05) is 31.2 Å². The predicted molar refractivity (Wildman–Crippen MR) is 72.6 cm³/mol. The van der Waals surface area contributed by atoms with Crippen LogP contribution in [0.25, 0.3) is 0 Å². The molecule has 0 amide bonds. The first kappa shape index (κ1) is 13.5. The summed E-state index contributed by atoms with van der Waals surface area (Å²) in [7, 11) is 0. The Morgan fingerprint density at radius 1 is 1.39 bits per heavy atom. The minimum absolute atomic E-state index is 0.122. The van der Waals surface area contributed by atoms with Crippen LogP contribution in [0.5, 0.6) is 0 Å². The summed E-state index contributed by atoms with van der Waals surface area (Å²) >= 11 is 0. The number of benzene rings is 1. The van der Waals surface area contributed by atoms with E-state index in [1.165, 1.54) is 5.56 Å². The number of aliphatic hydroxyl groups is 1. The number of aliphatic hydroxyl groups excluding tert-OH is 1. The molecule has 2 unspecified atom stereocenters. The Morgan fingerprint density at radius 3 is 2.83 bits per heavy atom. The van der Waals surface area contributed by atoms with Gasteiger partial charge >= 0.3 is 0 Å². The molecule has 0 radical (unpaired) electrons. The highest BCUT2D eigenvalue weighted by atomic mass is 16.5. The molecule has 100 valence electrons. The zero-order chi connectivity index (χ0) is 13.1. The van der Waals surface area contributed by atoms with E-state index in [1.54, 1.807) is 0 Å². The normalized spacial score (nSPS) is 23.3. The van der Waals surface area contributed by atoms with Crippen LogP contribution in [0.15, 0.2) is 24.3 Å². The maximum atomic E-state index is 10.4. The molecule has 2 rings (SSSR count). The molecule has 1 aliphatic rings. The van der Waals surface area contributed by atoms with E-state index >= 15 is 0 Å². The lowest BCUT2D eigenvalue weighted by molar-refractivity contribution is -0.0961. The third kappa shape index (κ3) is 3.10. The number of aryl methyl sites for hydroxylation is 1. The average Bonchev–Trinajstić information content (AvgIpc) is 2.38. The van der Waals surface area contributed by atoms with Gasteiger partial charge in [0.05, 0.1) is 6.61 Å². The molecule has 1 aromatic rings. The van der Waals surface area contributed by atoms with Crippen molar-refractivity contribution in [2.24, 2.45) is 0 Å². The van der Waals surface area contributed by atoms with Crippen molar-refractivity contribution in [2.75, 3.05) is 19.7 Å². The van der Waals surface area contributed by atoms with Crippen molar-refractivity contribution in [3.05, 3.63) is 35.4 Å². The minimum atomic E-state index is -0.536. The lowest BCUT2D eigenvalue weighted by Crippen LogP contribution is -2.47. The van der Waals surface area contributed by atoms with Crippen LogP contribution in [-0.2, 0) is 4.74 Å². The number of hydrogen-bond donors (Lipinski definition) is 1. The Balaban J connectivity index is 2.06. The topological polar surface area (TPSA) is 32.7 Å². The Morgan fingerprint density at radius 2 is 2.17 bits per heavy atom. The molecule has 18 heavy (non-hydrogen) atoms. The molecule has 1 fully saturated rings. The number of ether oxygens (including phenoxy) is 1. The predicted octanol–water partition coefficient (Wildman–Crippen LogP) is 2.14. The number of hydrogen-bond acceptors (Lipinski definition) is 3. The fraction of sp³-hybridized carbons (Fsp3) is 0.600. The van der Waals surface area contributed by atoms with E-state index in [0.29, 0.717) is 12.6 Å². The molecule has 3 heteroatoms. The van der Waals surface area contributed by atoms with Gasteiger partial charge < -0.3 is 9.84 Å². The van der Waals surface area contributed by atoms with Crippen molar-refractivity contribution in [3.63, 3.8) is 0 Å². The fourth-order valence-corrected chi connectivity index (χ4v) is 2.43. The SMILES string of the molecule is Cc1cccc(C(O)C2CN(C(C)C)CCO2)c1. The first-order valence-corrected chi connectivity index (χ1v) is 6.68. The van der Waals surface area contributed by atoms with E-state index in [0.717, 1.165) is 18.7 Å². The van der Waals surface area contributed by atoms with Gasteiger partial charge in [0, 0.05) is 19.1 Å². The fourth-order valence-electron chi connectivity index (χ4n) is 2.43. The molecule has 0 aliphatic carbocycles. The summed E-state index contributed by atoms with van der Waals surface area (Å²) in [6.45, 7) is 8.86. The van der Waals surface area contributed by atoms with Gasteiger partial charge in [-0.1, -0.05) is 29.8 Å².